The Morgan fingerprint density at radius 2 is 2.04 bits per heavy atom. The van der Waals surface area contributed by atoms with Gasteiger partial charge in [-0.15, -0.1) is 0 Å². The first-order valence-electron chi connectivity index (χ1n) is 8.95. The summed E-state index contributed by atoms with van der Waals surface area (Å²) in [6, 6.07) is 0. The minimum Gasteiger partial charge on any atom is -0.394 e. The molecular formula is C18H31NO6. The van der Waals surface area contributed by atoms with Crippen LogP contribution in [0.2, 0.25) is 0 Å². The molecule has 1 saturated carbocycles. The average Bonchev–Trinajstić information content (AvgIpc) is 2.87. The molecule has 1 aliphatic carbocycles. The molecule has 144 valence electrons. The van der Waals surface area contributed by atoms with Gasteiger partial charge in [0.15, 0.2) is 6.29 Å². The fourth-order valence-electron chi connectivity index (χ4n) is 3.30. The average molecular weight is 357 g/mol. The highest BCUT2D eigenvalue weighted by Crippen LogP contribution is 2.33. The number of allylic oxidation sites excluding steroid dienone is 2. The van der Waals surface area contributed by atoms with Crippen molar-refractivity contribution >= 4 is 11.7 Å². The number of nitrogens with two attached hydrogens (primary N) is 1. The van der Waals surface area contributed by atoms with Crippen molar-refractivity contribution < 1.29 is 29.6 Å². The van der Waals surface area contributed by atoms with Crippen LogP contribution in [0.4, 0.5) is 0 Å². The molecule has 1 amide bonds. The number of carbonyl (C=O) groups excluding carboxylic acids is 2. The standard InChI is InChI=1S/C12H19NO2.C6H12O4/c1-2-3-4-5-10-9(8-12(13)15)6-7-11(10)14;7-3-5-1-4(8)2-6(9)10-5/h3-4,9-10H,2,5-8H2,1H3,(H2,13,15);4-9H,1-3H2/b4-3+;. The summed E-state index contributed by atoms with van der Waals surface area (Å²) < 4.78 is 4.85. The number of aliphatic hydroxyl groups is 3. The van der Waals surface area contributed by atoms with E-state index in [0.717, 1.165) is 19.3 Å². The second kappa shape index (κ2) is 11.4. The Bertz CT molecular complexity index is 443. The van der Waals surface area contributed by atoms with E-state index in [1.54, 1.807) is 0 Å². The minimum atomic E-state index is -0.916. The quantitative estimate of drug-likeness (QED) is 0.516. The van der Waals surface area contributed by atoms with Crippen LogP contribution in [0.3, 0.4) is 0 Å². The number of ether oxygens (including phenoxy) is 1. The smallest absolute Gasteiger partial charge is 0.217 e. The van der Waals surface area contributed by atoms with Crippen molar-refractivity contribution in [3.8, 4) is 0 Å². The van der Waals surface area contributed by atoms with Gasteiger partial charge in [0.25, 0.3) is 0 Å². The molecule has 0 aromatic carbocycles. The van der Waals surface area contributed by atoms with Gasteiger partial charge in [-0.2, -0.15) is 0 Å². The maximum atomic E-state index is 11.6. The molecule has 7 nitrogen and oxygen atoms in total. The second-order valence-corrected chi connectivity index (χ2v) is 6.68. The van der Waals surface area contributed by atoms with E-state index in [-0.39, 0.29) is 30.8 Å². The zero-order valence-electron chi connectivity index (χ0n) is 14.8. The Labute approximate surface area is 148 Å². The highest BCUT2D eigenvalue weighted by Gasteiger charge is 2.34. The molecule has 0 radical (unpaired) electrons. The monoisotopic (exact) mass is 357 g/mol. The van der Waals surface area contributed by atoms with E-state index < -0.39 is 18.5 Å². The largest absolute Gasteiger partial charge is 0.394 e. The van der Waals surface area contributed by atoms with Gasteiger partial charge in [-0.25, -0.2) is 0 Å². The zero-order valence-corrected chi connectivity index (χ0v) is 14.8. The molecule has 1 saturated heterocycles. The number of ketones is 1. The summed E-state index contributed by atoms with van der Waals surface area (Å²) in [7, 11) is 0. The first kappa shape index (κ1) is 21.8. The van der Waals surface area contributed by atoms with Gasteiger partial charge in [0.05, 0.1) is 18.8 Å². The van der Waals surface area contributed by atoms with Crippen molar-refractivity contribution in [1.29, 1.82) is 0 Å². The number of Topliss-reactive ketones (excluding diaryl/α,β-unsaturated/α-hetero) is 1. The van der Waals surface area contributed by atoms with Crippen LogP contribution in [0.15, 0.2) is 12.2 Å². The molecule has 0 aromatic heterocycles. The van der Waals surface area contributed by atoms with Crippen molar-refractivity contribution in [1.82, 2.24) is 0 Å². The van der Waals surface area contributed by atoms with E-state index in [1.165, 1.54) is 0 Å². The van der Waals surface area contributed by atoms with E-state index in [9.17, 15) is 9.59 Å². The maximum Gasteiger partial charge on any atom is 0.217 e. The molecule has 7 heteroatoms. The normalized spacial score (nSPS) is 32.5. The Morgan fingerprint density at radius 3 is 2.60 bits per heavy atom. The predicted molar refractivity (Wildman–Crippen MR) is 92.3 cm³/mol. The first-order valence-corrected chi connectivity index (χ1v) is 8.95. The van der Waals surface area contributed by atoms with Crippen LogP contribution in [0, 0.1) is 11.8 Å². The summed E-state index contributed by atoms with van der Waals surface area (Å²) in [5.41, 5.74) is 5.17. The molecular weight excluding hydrogens is 326 g/mol. The van der Waals surface area contributed by atoms with Crippen LogP contribution >= 0.6 is 0 Å². The lowest BCUT2D eigenvalue weighted by Gasteiger charge is -2.28. The summed E-state index contributed by atoms with van der Waals surface area (Å²) in [4.78, 5) is 22.4. The summed E-state index contributed by atoms with van der Waals surface area (Å²) in [5.74, 6) is 0.206. The SMILES string of the molecule is CC/C=C/CC1C(=O)CCC1CC(N)=O.OCC1CC(O)CC(O)O1. The Kier molecular flexibility index (Phi) is 9.89. The highest BCUT2D eigenvalue weighted by molar-refractivity contribution is 5.85. The van der Waals surface area contributed by atoms with E-state index in [2.05, 4.69) is 13.0 Å². The molecule has 5 atom stereocenters. The Hall–Kier alpha value is -1.28. The molecule has 25 heavy (non-hydrogen) atoms. The molecule has 1 heterocycles. The molecule has 2 fully saturated rings. The first-order chi connectivity index (χ1) is 11.9. The van der Waals surface area contributed by atoms with Gasteiger partial charge in [-0.3, -0.25) is 9.59 Å². The van der Waals surface area contributed by atoms with Gasteiger partial charge in [-0.1, -0.05) is 19.1 Å². The third kappa shape index (κ3) is 8.09. The van der Waals surface area contributed by atoms with Crippen LogP contribution in [0.5, 0.6) is 0 Å². The van der Waals surface area contributed by atoms with Gasteiger partial charge in [-0.05, 0) is 25.2 Å². The number of rotatable bonds is 6. The summed E-state index contributed by atoms with van der Waals surface area (Å²) in [6.07, 6.45) is 6.46. The fourth-order valence-corrected chi connectivity index (χ4v) is 3.30. The molecule has 0 spiro atoms. The number of primary amides is 1. The number of hydrogen-bond acceptors (Lipinski definition) is 6. The lowest BCUT2D eigenvalue weighted by Crippen LogP contribution is -2.37. The lowest BCUT2D eigenvalue weighted by atomic mass is 9.89. The molecule has 5 unspecified atom stereocenters. The summed E-state index contributed by atoms with van der Waals surface area (Å²) >= 11 is 0. The topological polar surface area (TPSA) is 130 Å². The maximum absolute atomic E-state index is 11.6. The third-order valence-electron chi connectivity index (χ3n) is 4.56. The number of amides is 1. The Balaban J connectivity index is 0.000000271. The van der Waals surface area contributed by atoms with Crippen molar-refractivity contribution in [2.24, 2.45) is 17.6 Å². The summed E-state index contributed by atoms with van der Waals surface area (Å²) in [5, 5.41) is 26.5. The van der Waals surface area contributed by atoms with E-state index in [1.807, 2.05) is 6.08 Å². The second-order valence-electron chi connectivity index (χ2n) is 6.68. The van der Waals surface area contributed by atoms with Crippen LogP contribution in [0.1, 0.15) is 51.9 Å². The van der Waals surface area contributed by atoms with Crippen molar-refractivity contribution in [3.05, 3.63) is 12.2 Å². The molecule has 0 aromatic rings. The van der Waals surface area contributed by atoms with Crippen LogP contribution in [-0.4, -0.2) is 52.1 Å². The zero-order chi connectivity index (χ0) is 18.8. The van der Waals surface area contributed by atoms with Gasteiger partial charge in [0.2, 0.25) is 5.91 Å². The minimum absolute atomic E-state index is 0.0281. The van der Waals surface area contributed by atoms with Gasteiger partial charge < -0.3 is 25.8 Å². The van der Waals surface area contributed by atoms with Crippen LogP contribution in [0.25, 0.3) is 0 Å². The lowest BCUT2D eigenvalue weighted by molar-refractivity contribution is -0.197. The number of aliphatic hydroxyl groups excluding tert-OH is 3. The molecule has 5 N–H and O–H groups in total. The van der Waals surface area contributed by atoms with Gasteiger partial charge in [0.1, 0.15) is 5.78 Å². The molecule has 2 rings (SSSR count). The Morgan fingerprint density at radius 1 is 1.32 bits per heavy atom. The predicted octanol–water partition coefficient (Wildman–Crippen LogP) is 0.650. The van der Waals surface area contributed by atoms with Crippen molar-refractivity contribution in [2.75, 3.05) is 6.61 Å². The van der Waals surface area contributed by atoms with Gasteiger partial charge >= 0.3 is 0 Å². The number of hydrogen-bond donors (Lipinski definition) is 4. The summed E-state index contributed by atoms with van der Waals surface area (Å²) in [6.45, 7) is 1.92. The van der Waals surface area contributed by atoms with E-state index in [4.69, 9.17) is 25.8 Å². The van der Waals surface area contributed by atoms with Crippen LogP contribution < -0.4 is 5.73 Å². The fraction of sp³-hybridized carbons (Fsp3) is 0.778. The molecule has 2 aliphatic rings. The highest BCUT2D eigenvalue weighted by atomic mass is 16.6. The van der Waals surface area contributed by atoms with Crippen molar-refractivity contribution in [2.45, 2.75) is 70.4 Å². The third-order valence-corrected chi connectivity index (χ3v) is 4.56. The molecule has 1 aliphatic heterocycles. The van der Waals surface area contributed by atoms with E-state index in [0.29, 0.717) is 25.0 Å². The van der Waals surface area contributed by atoms with Gasteiger partial charge in [0, 0.05) is 31.6 Å². The van der Waals surface area contributed by atoms with Crippen LogP contribution in [-0.2, 0) is 14.3 Å². The van der Waals surface area contributed by atoms with Crippen molar-refractivity contribution in [3.63, 3.8) is 0 Å². The molecule has 0 bridgehead atoms. The number of carbonyl (C=O) groups is 2. The van der Waals surface area contributed by atoms with E-state index >= 15 is 0 Å².